The molecule has 0 unspecified atom stereocenters. The minimum Gasteiger partial charge on any atom is -0.485 e. The van der Waals surface area contributed by atoms with Gasteiger partial charge in [-0.1, -0.05) is 52.3 Å². The molecule has 3 rings (SSSR count). The first-order valence-electron chi connectivity index (χ1n) is 5.93. The Hall–Kier alpha value is -1.32. The van der Waals surface area contributed by atoms with Gasteiger partial charge in [-0.3, -0.25) is 0 Å². The van der Waals surface area contributed by atoms with E-state index in [1.165, 1.54) is 0 Å². The molecular formula is C15H13BrO2. The van der Waals surface area contributed by atoms with Crippen LogP contribution in [0.1, 0.15) is 29.8 Å². The normalized spacial score (nSPS) is 22.1. The van der Waals surface area contributed by atoms with E-state index in [1.807, 2.05) is 48.5 Å². The van der Waals surface area contributed by atoms with Gasteiger partial charge in [-0.2, -0.15) is 0 Å². The number of hydrogen-bond acceptors (Lipinski definition) is 2. The summed E-state index contributed by atoms with van der Waals surface area (Å²) in [5, 5.41) is 10.2. The molecule has 0 fully saturated rings. The van der Waals surface area contributed by atoms with E-state index in [-0.39, 0.29) is 6.10 Å². The van der Waals surface area contributed by atoms with Gasteiger partial charge in [0.2, 0.25) is 0 Å². The molecule has 92 valence electrons. The summed E-state index contributed by atoms with van der Waals surface area (Å²) in [5.74, 6) is 0.761. The van der Waals surface area contributed by atoms with Crippen molar-refractivity contribution in [3.05, 3.63) is 64.1 Å². The van der Waals surface area contributed by atoms with E-state index in [2.05, 4.69) is 15.9 Å². The van der Waals surface area contributed by atoms with Crippen molar-refractivity contribution in [3.8, 4) is 5.75 Å². The lowest BCUT2D eigenvalue weighted by Gasteiger charge is -2.30. The van der Waals surface area contributed by atoms with Gasteiger partial charge in [-0.05, 0) is 17.7 Å². The van der Waals surface area contributed by atoms with Crippen molar-refractivity contribution in [3.63, 3.8) is 0 Å². The second kappa shape index (κ2) is 4.75. The Morgan fingerprint density at radius 3 is 2.67 bits per heavy atom. The molecule has 3 heteroatoms. The number of aliphatic hydroxyl groups excluding tert-OH is 1. The molecule has 1 aliphatic rings. The number of hydrogen-bond donors (Lipinski definition) is 1. The molecule has 1 N–H and O–H groups in total. The van der Waals surface area contributed by atoms with E-state index < -0.39 is 6.10 Å². The predicted octanol–water partition coefficient (Wildman–Crippen LogP) is 4.01. The van der Waals surface area contributed by atoms with Crippen LogP contribution in [-0.2, 0) is 0 Å². The smallest absolute Gasteiger partial charge is 0.127 e. The summed E-state index contributed by atoms with van der Waals surface area (Å²) in [4.78, 5) is 0. The molecule has 1 aliphatic heterocycles. The van der Waals surface area contributed by atoms with Gasteiger partial charge in [-0.25, -0.2) is 0 Å². The first-order valence-corrected chi connectivity index (χ1v) is 6.72. The highest BCUT2D eigenvalue weighted by Crippen LogP contribution is 2.41. The summed E-state index contributed by atoms with van der Waals surface area (Å²) in [6.07, 6.45) is 0.0496. The molecule has 0 bridgehead atoms. The molecule has 0 radical (unpaired) electrons. The summed E-state index contributed by atoms with van der Waals surface area (Å²) >= 11 is 3.42. The van der Waals surface area contributed by atoms with Crippen LogP contribution >= 0.6 is 15.9 Å². The minimum atomic E-state index is -0.466. The van der Waals surface area contributed by atoms with Crippen LogP contribution in [0.3, 0.4) is 0 Å². The quantitative estimate of drug-likeness (QED) is 0.862. The Balaban J connectivity index is 1.96. The fraction of sp³-hybridized carbons (Fsp3) is 0.200. The van der Waals surface area contributed by atoms with E-state index in [1.54, 1.807) is 0 Å². The molecule has 0 saturated heterocycles. The Morgan fingerprint density at radius 1 is 1.11 bits per heavy atom. The summed E-state index contributed by atoms with van der Waals surface area (Å²) in [6, 6.07) is 15.8. The van der Waals surface area contributed by atoms with Crippen LogP contribution in [0.4, 0.5) is 0 Å². The summed E-state index contributed by atoms with van der Waals surface area (Å²) in [5.41, 5.74) is 1.97. The highest BCUT2D eigenvalue weighted by Gasteiger charge is 2.27. The number of halogens is 1. The molecule has 0 aromatic heterocycles. The van der Waals surface area contributed by atoms with E-state index >= 15 is 0 Å². The number of ether oxygens (including phenoxy) is 1. The summed E-state index contributed by atoms with van der Waals surface area (Å²) < 4.78 is 6.94. The topological polar surface area (TPSA) is 29.5 Å². The predicted molar refractivity (Wildman–Crippen MR) is 73.5 cm³/mol. The van der Waals surface area contributed by atoms with Crippen LogP contribution in [0, 0.1) is 0 Å². The van der Waals surface area contributed by atoms with Crippen molar-refractivity contribution in [1.29, 1.82) is 0 Å². The van der Waals surface area contributed by atoms with Crippen LogP contribution in [0.15, 0.2) is 53.0 Å². The van der Waals surface area contributed by atoms with Crippen molar-refractivity contribution in [1.82, 2.24) is 0 Å². The third-order valence-electron chi connectivity index (χ3n) is 3.21. The fourth-order valence-electron chi connectivity index (χ4n) is 2.29. The van der Waals surface area contributed by atoms with Crippen molar-refractivity contribution in [2.45, 2.75) is 18.6 Å². The lowest BCUT2D eigenvalue weighted by atomic mass is 9.95. The second-order valence-electron chi connectivity index (χ2n) is 4.45. The highest BCUT2D eigenvalue weighted by molar-refractivity contribution is 9.10. The van der Waals surface area contributed by atoms with E-state index in [0.717, 1.165) is 21.3 Å². The van der Waals surface area contributed by atoms with Gasteiger partial charge in [0.1, 0.15) is 11.9 Å². The molecule has 0 spiro atoms. The van der Waals surface area contributed by atoms with Crippen LogP contribution in [0.5, 0.6) is 5.75 Å². The number of fused-ring (bicyclic) bond motifs is 1. The Kier molecular flexibility index (Phi) is 3.10. The lowest BCUT2D eigenvalue weighted by Crippen LogP contribution is -2.18. The van der Waals surface area contributed by atoms with Gasteiger partial charge in [0.05, 0.1) is 6.10 Å². The zero-order valence-corrected chi connectivity index (χ0v) is 11.3. The Morgan fingerprint density at radius 2 is 1.89 bits per heavy atom. The number of rotatable bonds is 1. The summed E-state index contributed by atoms with van der Waals surface area (Å²) in [6.45, 7) is 0. The van der Waals surface area contributed by atoms with E-state index in [9.17, 15) is 5.11 Å². The molecule has 1 heterocycles. The SMILES string of the molecule is O[C@@H]1C[C@H](c2ccccc2)Oc2cc(Br)ccc21. The Labute approximate surface area is 114 Å². The summed E-state index contributed by atoms with van der Waals surface area (Å²) in [7, 11) is 0. The molecule has 2 atom stereocenters. The molecule has 2 nitrogen and oxygen atoms in total. The molecule has 2 aromatic carbocycles. The van der Waals surface area contributed by atoms with Crippen LogP contribution in [0.25, 0.3) is 0 Å². The zero-order chi connectivity index (χ0) is 12.5. The van der Waals surface area contributed by atoms with Crippen LogP contribution in [0.2, 0.25) is 0 Å². The van der Waals surface area contributed by atoms with Crippen LogP contribution in [-0.4, -0.2) is 5.11 Å². The van der Waals surface area contributed by atoms with Gasteiger partial charge < -0.3 is 9.84 Å². The van der Waals surface area contributed by atoms with Crippen LogP contribution < -0.4 is 4.74 Å². The second-order valence-corrected chi connectivity index (χ2v) is 5.37. The number of aliphatic hydroxyl groups is 1. The largest absolute Gasteiger partial charge is 0.485 e. The van der Waals surface area contributed by atoms with Gasteiger partial charge in [0, 0.05) is 16.5 Å². The number of benzene rings is 2. The average Bonchev–Trinajstić information content (AvgIpc) is 2.39. The van der Waals surface area contributed by atoms with Crippen molar-refractivity contribution >= 4 is 15.9 Å². The Bertz CT molecular complexity index is 554. The van der Waals surface area contributed by atoms with Gasteiger partial charge >= 0.3 is 0 Å². The first kappa shape index (κ1) is 11.8. The van der Waals surface area contributed by atoms with Gasteiger partial charge in [0.25, 0.3) is 0 Å². The third-order valence-corrected chi connectivity index (χ3v) is 3.71. The minimum absolute atomic E-state index is 0.0806. The molecule has 0 saturated carbocycles. The van der Waals surface area contributed by atoms with Crippen molar-refractivity contribution < 1.29 is 9.84 Å². The van der Waals surface area contributed by atoms with E-state index in [0.29, 0.717) is 6.42 Å². The maximum absolute atomic E-state index is 10.2. The molecule has 0 amide bonds. The maximum atomic E-state index is 10.2. The molecule has 0 aliphatic carbocycles. The van der Waals surface area contributed by atoms with Crippen molar-refractivity contribution in [2.24, 2.45) is 0 Å². The average molecular weight is 305 g/mol. The van der Waals surface area contributed by atoms with Gasteiger partial charge in [-0.15, -0.1) is 0 Å². The molecule has 2 aromatic rings. The van der Waals surface area contributed by atoms with E-state index in [4.69, 9.17) is 4.74 Å². The monoisotopic (exact) mass is 304 g/mol. The molecular weight excluding hydrogens is 292 g/mol. The zero-order valence-electron chi connectivity index (χ0n) is 9.71. The van der Waals surface area contributed by atoms with Crippen molar-refractivity contribution in [2.75, 3.05) is 0 Å². The standard InChI is InChI=1S/C15H13BrO2/c16-11-6-7-12-13(17)9-14(18-15(12)8-11)10-4-2-1-3-5-10/h1-8,13-14,17H,9H2/t13-,14-/m1/s1. The highest BCUT2D eigenvalue weighted by atomic mass is 79.9. The fourth-order valence-corrected chi connectivity index (χ4v) is 2.63. The lowest BCUT2D eigenvalue weighted by molar-refractivity contribution is 0.0657. The maximum Gasteiger partial charge on any atom is 0.127 e. The van der Waals surface area contributed by atoms with Gasteiger partial charge in [0.15, 0.2) is 0 Å². The molecule has 18 heavy (non-hydrogen) atoms. The third kappa shape index (κ3) is 2.16. The first-order chi connectivity index (χ1) is 8.74.